The summed E-state index contributed by atoms with van der Waals surface area (Å²) in [4.78, 5) is 12.9. The van der Waals surface area contributed by atoms with Crippen LogP contribution >= 0.6 is 11.6 Å². The SMILES string of the molecule is O=C(O)c1ccc(N2CCC(F)(CCCO)CC2)cc1Cl. The van der Waals surface area contributed by atoms with Crippen molar-refractivity contribution in [3.05, 3.63) is 28.8 Å². The summed E-state index contributed by atoms with van der Waals surface area (Å²) < 4.78 is 14.5. The maximum Gasteiger partial charge on any atom is 0.337 e. The first-order valence-corrected chi connectivity index (χ1v) is 7.40. The van der Waals surface area contributed by atoms with Crippen LogP contribution in [0.25, 0.3) is 0 Å². The summed E-state index contributed by atoms with van der Waals surface area (Å²) in [6.07, 6.45) is 1.68. The number of benzene rings is 1. The minimum atomic E-state index is -1.20. The van der Waals surface area contributed by atoms with E-state index in [1.165, 1.54) is 6.07 Å². The molecule has 6 heteroatoms. The minimum Gasteiger partial charge on any atom is -0.478 e. The molecule has 0 amide bonds. The van der Waals surface area contributed by atoms with Gasteiger partial charge in [-0.15, -0.1) is 0 Å². The van der Waals surface area contributed by atoms with E-state index in [4.69, 9.17) is 21.8 Å². The summed E-state index contributed by atoms with van der Waals surface area (Å²) in [5, 5.41) is 17.9. The van der Waals surface area contributed by atoms with Gasteiger partial charge in [0.1, 0.15) is 5.67 Å². The van der Waals surface area contributed by atoms with Gasteiger partial charge in [-0.3, -0.25) is 0 Å². The van der Waals surface area contributed by atoms with Crippen molar-refractivity contribution in [3.8, 4) is 0 Å². The van der Waals surface area contributed by atoms with Crippen LogP contribution in [-0.4, -0.2) is 41.5 Å². The Balaban J connectivity index is 2.02. The Morgan fingerprint density at radius 2 is 2.05 bits per heavy atom. The van der Waals surface area contributed by atoms with Crippen molar-refractivity contribution in [1.82, 2.24) is 0 Å². The average molecular weight is 316 g/mol. The summed E-state index contributed by atoms with van der Waals surface area (Å²) in [6.45, 7) is 1.14. The van der Waals surface area contributed by atoms with E-state index >= 15 is 0 Å². The molecule has 2 N–H and O–H groups in total. The van der Waals surface area contributed by atoms with Crippen LogP contribution in [0.3, 0.4) is 0 Å². The van der Waals surface area contributed by atoms with Crippen molar-refractivity contribution in [1.29, 1.82) is 0 Å². The van der Waals surface area contributed by atoms with E-state index in [0.717, 1.165) is 5.69 Å². The maximum atomic E-state index is 14.5. The quantitative estimate of drug-likeness (QED) is 0.876. The molecule has 0 unspecified atom stereocenters. The fraction of sp³-hybridized carbons (Fsp3) is 0.533. The predicted molar refractivity (Wildman–Crippen MR) is 80.0 cm³/mol. The molecular weight excluding hydrogens is 297 g/mol. The smallest absolute Gasteiger partial charge is 0.337 e. The summed E-state index contributed by atoms with van der Waals surface area (Å²) in [5.74, 6) is -1.06. The summed E-state index contributed by atoms with van der Waals surface area (Å²) in [6, 6.07) is 4.79. The third-order valence-corrected chi connectivity index (χ3v) is 4.30. The van der Waals surface area contributed by atoms with Gasteiger partial charge in [0.15, 0.2) is 0 Å². The van der Waals surface area contributed by atoms with Crippen molar-refractivity contribution >= 4 is 23.3 Å². The fourth-order valence-corrected chi connectivity index (χ4v) is 2.94. The molecule has 4 nitrogen and oxygen atoms in total. The van der Waals surface area contributed by atoms with Crippen molar-refractivity contribution in [2.24, 2.45) is 0 Å². The molecule has 2 rings (SSSR count). The highest BCUT2D eigenvalue weighted by Crippen LogP contribution is 2.34. The van der Waals surface area contributed by atoms with E-state index < -0.39 is 11.6 Å². The number of hydrogen-bond donors (Lipinski definition) is 2. The largest absolute Gasteiger partial charge is 0.478 e. The Hall–Kier alpha value is -1.33. The maximum absolute atomic E-state index is 14.5. The van der Waals surface area contributed by atoms with Gasteiger partial charge in [0.25, 0.3) is 0 Å². The molecule has 1 heterocycles. The number of carboxylic acids is 1. The topological polar surface area (TPSA) is 60.8 Å². The third-order valence-electron chi connectivity index (χ3n) is 3.99. The number of hydrogen-bond acceptors (Lipinski definition) is 3. The molecule has 1 aliphatic heterocycles. The standard InChI is InChI=1S/C15H19ClFNO3/c16-13-10-11(2-3-12(13)14(20)21)18-7-5-15(17,6-8-18)4-1-9-19/h2-3,10,19H,1,4-9H2,(H,20,21). The number of aromatic carboxylic acids is 1. The number of alkyl halides is 1. The van der Waals surface area contributed by atoms with Crippen molar-refractivity contribution < 1.29 is 19.4 Å². The first-order chi connectivity index (χ1) is 9.95. The Morgan fingerprint density at radius 1 is 1.38 bits per heavy atom. The van der Waals surface area contributed by atoms with E-state index in [1.54, 1.807) is 12.1 Å². The molecule has 0 bridgehead atoms. The highest BCUT2D eigenvalue weighted by Gasteiger charge is 2.34. The van der Waals surface area contributed by atoms with Crippen LogP contribution in [0, 0.1) is 0 Å². The molecule has 0 radical (unpaired) electrons. The molecule has 0 saturated carbocycles. The lowest BCUT2D eigenvalue weighted by molar-refractivity contribution is 0.0697. The van der Waals surface area contributed by atoms with Gasteiger partial charge < -0.3 is 15.1 Å². The van der Waals surface area contributed by atoms with E-state index in [9.17, 15) is 9.18 Å². The average Bonchev–Trinajstić information content (AvgIpc) is 2.45. The van der Waals surface area contributed by atoms with Gasteiger partial charge in [-0.05, 0) is 43.9 Å². The Labute approximate surface area is 128 Å². The third kappa shape index (κ3) is 3.86. The van der Waals surface area contributed by atoms with Gasteiger partial charge in [-0.2, -0.15) is 0 Å². The lowest BCUT2D eigenvalue weighted by Gasteiger charge is -2.37. The van der Waals surface area contributed by atoms with E-state index in [0.29, 0.717) is 38.8 Å². The molecular formula is C15H19ClFNO3. The first kappa shape index (κ1) is 16.0. The van der Waals surface area contributed by atoms with Crippen LogP contribution < -0.4 is 4.90 Å². The van der Waals surface area contributed by atoms with Crippen LogP contribution in [0.1, 0.15) is 36.0 Å². The molecule has 1 aromatic rings. The van der Waals surface area contributed by atoms with Crippen LogP contribution in [0.2, 0.25) is 5.02 Å². The Kier molecular flexibility index (Phi) is 5.06. The fourth-order valence-electron chi connectivity index (χ4n) is 2.69. The number of aliphatic hydroxyl groups excluding tert-OH is 1. The van der Waals surface area contributed by atoms with Gasteiger partial charge in [0.05, 0.1) is 10.6 Å². The first-order valence-electron chi connectivity index (χ1n) is 7.03. The highest BCUT2D eigenvalue weighted by molar-refractivity contribution is 6.33. The number of anilines is 1. The van der Waals surface area contributed by atoms with Gasteiger partial charge in [-0.25, -0.2) is 9.18 Å². The molecule has 1 aromatic carbocycles. The van der Waals surface area contributed by atoms with E-state index in [-0.39, 0.29) is 17.2 Å². The Morgan fingerprint density at radius 3 is 2.57 bits per heavy atom. The second-order valence-corrected chi connectivity index (χ2v) is 5.84. The summed E-state index contributed by atoms with van der Waals surface area (Å²) >= 11 is 5.96. The number of halogens is 2. The van der Waals surface area contributed by atoms with Crippen LogP contribution in [-0.2, 0) is 0 Å². The lowest BCUT2D eigenvalue weighted by Crippen LogP contribution is -2.42. The Bertz CT molecular complexity index is 516. The number of aliphatic hydroxyl groups is 1. The molecule has 0 atom stereocenters. The van der Waals surface area contributed by atoms with Gasteiger partial charge in [0.2, 0.25) is 0 Å². The normalized spacial score (nSPS) is 17.8. The van der Waals surface area contributed by atoms with Crippen molar-refractivity contribution in [3.63, 3.8) is 0 Å². The monoisotopic (exact) mass is 315 g/mol. The molecule has 0 aromatic heterocycles. The zero-order chi connectivity index (χ0) is 15.5. The number of nitrogens with zero attached hydrogens (tertiary/aromatic N) is 1. The van der Waals surface area contributed by atoms with Gasteiger partial charge in [-0.1, -0.05) is 11.6 Å². The number of rotatable bonds is 5. The van der Waals surface area contributed by atoms with Crippen LogP contribution in [0.4, 0.5) is 10.1 Å². The van der Waals surface area contributed by atoms with Crippen molar-refractivity contribution in [2.75, 3.05) is 24.6 Å². The zero-order valence-electron chi connectivity index (χ0n) is 11.7. The summed E-state index contributed by atoms with van der Waals surface area (Å²) in [5.41, 5.74) is -0.321. The second kappa shape index (κ2) is 6.62. The molecule has 116 valence electrons. The zero-order valence-corrected chi connectivity index (χ0v) is 12.4. The molecule has 0 spiro atoms. The predicted octanol–water partition coefficient (Wildman–Crippen LogP) is 3.12. The van der Waals surface area contributed by atoms with Gasteiger partial charge >= 0.3 is 5.97 Å². The summed E-state index contributed by atoms with van der Waals surface area (Å²) in [7, 11) is 0. The van der Waals surface area contributed by atoms with Crippen LogP contribution in [0.5, 0.6) is 0 Å². The second-order valence-electron chi connectivity index (χ2n) is 5.43. The van der Waals surface area contributed by atoms with E-state index in [2.05, 4.69) is 0 Å². The molecule has 1 aliphatic rings. The minimum absolute atomic E-state index is 0.0155. The molecule has 21 heavy (non-hydrogen) atoms. The number of piperidine rings is 1. The molecule has 1 saturated heterocycles. The highest BCUT2D eigenvalue weighted by atomic mass is 35.5. The number of carboxylic acid groups (broad SMARTS) is 1. The number of carbonyl (C=O) groups is 1. The van der Waals surface area contributed by atoms with Gasteiger partial charge in [0, 0.05) is 25.4 Å². The van der Waals surface area contributed by atoms with E-state index in [1.807, 2.05) is 4.90 Å². The van der Waals surface area contributed by atoms with Crippen LogP contribution in [0.15, 0.2) is 18.2 Å². The molecule has 0 aliphatic carbocycles. The lowest BCUT2D eigenvalue weighted by atomic mass is 9.88. The molecule has 1 fully saturated rings. The van der Waals surface area contributed by atoms with Crippen molar-refractivity contribution in [2.45, 2.75) is 31.4 Å².